The third kappa shape index (κ3) is 3.37. The summed E-state index contributed by atoms with van der Waals surface area (Å²) in [6, 6.07) is 5.74. The first kappa shape index (κ1) is 16.4. The van der Waals surface area contributed by atoms with Crippen molar-refractivity contribution in [2.75, 3.05) is 13.2 Å². The standard InChI is InChI=1S/C18H23N3O3/c1-11(9-15-12(2)20-21-13(15)3)18(22)19-10-14-5-4-6-16-17(14)24-8-7-23-16/h4-6,11H,7-10H2,1-3H3,(H,19,22)(H,20,21)/t11-/m0/s1. The van der Waals surface area contributed by atoms with Gasteiger partial charge in [0.25, 0.3) is 0 Å². The normalized spacial score (nSPS) is 14.3. The zero-order valence-corrected chi connectivity index (χ0v) is 14.3. The Bertz CT molecular complexity index is 720. The topological polar surface area (TPSA) is 76.2 Å². The van der Waals surface area contributed by atoms with Crippen LogP contribution >= 0.6 is 0 Å². The predicted molar refractivity (Wildman–Crippen MR) is 90.2 cm³/mol. The number of fused-ring (bicyclic) bond motifs is 1. The molecule has 1 amide bonds. The Morgan fingerprint density at radius 1 is 1.33 bits per heavy atom. The Hall–Kier alpha value is -2.50. The van der Waals surface area contributed by atoms with Crippen LogP contribution in [-0.2, 0) is 17.8 Å². The first-order valence-electron chi connectivity index (χ1n) is 8.22. The van der Waals surface area contributed by atoms with Crippen LogP contribution in [0.4, 0.5) is 0 Å². The van der Waals surface area contributed by atoms with Gasteiger partial charge in [0.15, 0.2) is 11.5 Å². The molecule has 1 aliphatic heterocycles. The number of H-pyrrole nitrogens is 1. The van der Waals surface area contributed by atoms with Crippen LogP contribution < -0.4 is 14.8 Å². The molecular formula is C18H23N3O3. The van der Waals surface area contributed by atoms with Crippen LogP contribution in [0.5, 0.6) is 11.5 Å². The highest BCUT2D eigenvalue weighted by Crippen LogP contribution is 2.33. The number of aromatic nitrogens is 2. The number of nitrogens with one attached hydrogen (secondary N) is 2. The van der Waals surface area contributed by atoms with E-state index in [0.717, 1.165) is 34.0 Å². The van der Waals surface area contributed by atoms with Crippen molar-refractivity contribution in [3.63, 3.8) is 0 Å². The number of para-hydroxylation sites is 1. The molecule has 3 rings (SSSR count). The Morgan fingerprint density at radius 2 is 2.12 bits per heavy atom. The molecule has 1 aliphatic rings. The van der Waals surface area contributed by atoms with Crippen LogP contribution in [0.2, 0.25) is 0 Å². The number of aryl methyl sites for hydroxylation is 2. The van der Waals surface area contributed by atoms with Gasteiger partial charge in [-0.2, -0.15) is 5.10 Å². The van der Waals surface area contributed by atoms with Crippen molar-refractivity contribution in [1.82, 2.24) is 15.5 Å². The van der Waals surface area contributed by atoms with E-state index in [-0.39, 0.29) is 11.8 Å². The van der Waals surface area contributed by atoms with Crippen molar-refractivity contribution in [2.24, 2.45) is 5.92 Å². The summed E-state index contributed by atoms with van der Waals surface area (Å²) in [6.07, 6.45) is 0.673. The predicted octanol–water partition coefficient (Wildman–Crippen LogP) is 2.29. The zero-order chi connectivity index (χ0) is 17.1. The molecule has 2 aromatic rings. The molecule has 2 N–H and O–H groups in total. The van der Waals surface area contributed by atoms with Crippen LogP contribution in [0.25, 0.3) is 0 Å². The molecule has 0 spiro atoms. The summed E-state index contributed by atoms with van der Waals surface area (Å²) >= 11 is 0. The van der Waals surface area contributed by atoms with Crippen molar-refractivity contribution < 1.29 is 14.3 Å². The zero-order valence-electron chi connectivity index (χ0n) is 14.3. The highest BCUT2D eigenvalue weighted by atomic mass is 16.6. The summed E-state index contributed by atoms with van der Waals surface area (Å²) in [5.41, 5.74) is 4.03. The minimum Gasteiger partial charge on any atom is -0.486 e. The molecule has 24 heavy (non-hydrogen) atoms. The SMILES string of the molecule is Cc1n[nH]c(C)c1C[C@H](C)C(=O)NCc1cccc2c1OCCO2. The van der Waals surface area contributed by atoms with Crippen molar-refractivity contribution >= 4 is 5.91 Å². The second kappa shape index (κ2) is 6.95. The number of rotatable bonds is 5. The van der Waals surface area contributed by atoms with Crippen molar-refractivity contribution in [1.29, 1.82) is 0 Å². The minimum atomic E-state index is -0.128. The number of aromatic amines is 1. The van der Waals surface area contributed by atoms with Gasteiger partial charge in [0.05, 0.1) is 5.69 Å². The van der Waals surface area contributed by atoms with E-state index >= 15 is 0 Å². The number of ether oxygens (including phenoxy) is 2. The summed E-state index contributed by atoms with van der Waals surface area (Å²) < 4.78 is 11.2. The Morgan fingerprint density at radius 3 is 2.88 bits per heavy atom. The van der Waals surface area contributed by atoms with Gasteiger partial charge in [0.1, 0.15) is 13.2 Å². The summed E-state index contributed by atoms with van der Waals surface area (Å²) in [4.78, 5) is 12.4. The molecule has 0 bridgehead atoms. The first-order valence-corrected chi connectivity index (χ1v) is 8.22. The van der Waals surface area contributed by atoms with E-state index in [9.17, 15) is 4.79 Å². The van der Waals surface area contributed by atoms with Crippen LogP contribution in [0.1, 0.15) is 29.4 Å². The molecule has 0 saturated carbocycles. The molecule has 0 aliphatic carbocycles. The van der Waals surface area contributed by atoms with Crippen LogP contribution in [-0.4, -0.2) is 29.3 Å². The van der Waals surface area contributed by atoms with Crippen LogP contribution in [0, 0.1) is 19.8 Å². The fourth-order valence-electron chi connectivity index (χ4n) is 2.90. The Kier molecular flexibility index (Phi) is 4.74. The number of amides is 1. The lowest BCUT2D eigenvalue weighted by atomic mass is 9.99. The summed E-state index contributed by atoms with van der Waals surface area (Å²) in [7, 11) is 0. The maximum atomic E-state index is 12.4. The molecule has 0 fully saturated rings. The maximum absolute atomic E-state index is 12.4. The molecule has 0 saturated heterocycles. The van der Waals surface area contributed by atoms with E-state index < -0.39 is 0 Å². The molecule has 6 heteroatoms. The molecule has 6 nitrogen and oxygen atoms in total. The second-order valence-corrected chi connectivity index (χ2v) is 6.18. The van der Waals surface area contributed by atoms with Gasteiger partial charge in [-0.3, -0.25) is 9.89 Å². The third-order valence-corrected chi connectivity index (χ3v) is 4.34. The van der Waals surface area contributed by atoms with Gasteiger partial charge in [-0.15, -0.1) is 0 Å². The summed E-state index contributed by atoms with van der Waals surface area (Å²) in [6.45, 7) is 7.39. The average molecular weight is 329 g/mol. The smallest absolute Gasteiger partial charge is 0.223 e. The molecule has 1 atom stereocenters. The quantitative estimate of drug-likeness (QED) is 0.882. The summed E-state index contributed by atoms with van der Waals surface area (Å²) in [5.74, 6) is 1.37. The van der Waals surface area contributed by atoms with Crippen molar-refractivity contribution in [3.05, 3.63) is 40.7 Å². The fourth-order valence-corrected chi connectivity index (χ4v) is 2.90. The number of carbonyl (C=O) groups is 1. The van der Waals surface area contributed by atoms with Gasteiger partial charge < -0.3 is 14.8 Å². The van der Waals surface area contributed by atoms with Crippen LogP contribution in [0.3, 0.4) is 0 Å². The van der Waals surface area contributed by atoms with E-state index in [1.54, 1.807) is 0 Å². The van der Waals surface area contributed by atoms with E-state index in [1.807, 2.05) is 39.0 Å². The fraction of sp³-hybridized carbons (Fsp3) is 0.444. The molecule has 2 heterocycles. The number of carbonyl (C=O) groups excluding carboxylic acids is 1. The minimum absolute atomic E-state index is 0.0179. The van der Waals surface area contributed by atoms with Gasteiger partial charge in [-0.25, -0.2) is 0 Å². The van der Waals surface area contributed by atoms with Crippen molar-refractivity contribution in [2.45, 2.75) is 33.7 Å². The van der Waals surface area contributed by atoms with Gasteiger partial charge in [-0.05, 0) is 31.9 Å². The van der Waals surface area contributed by atoms with E-state index in [0.29, 0.717) is 26.2 Å². The Labute approximate surface area is 141 Å². The number of hydrogen-bond acceptors (Lipinski definition) is 4. The molecule has 0 unspecified atom stereocenters. The van der Waals surface area contributed by atoms with Crippen molar-refractivity contribution in [3.8, 4) is 11.5 Å². The average Bonchev–Trinajstić information content (AvgIpc) is 2.91. The lowest BCUT2D eigenvalue weighted by Crippen LogP contribution is -2.30. The van der Waals surface area contributed by atoms with Gasteiger partial charge in [0, 0.05) is 23.7 Å². The summed E-state index contributed by atoms with van der Waals surface area (Å²) in [5, 5.41) is 10.1. The lowest BCUT2D eigenvalue weighted by Gasteiger charge is -2.21. The van der Waals surface area contributed by atoms with E-state index in [4.69, 9.17) is 9.47 Å². The Balaban J connectivity index is 1.61. The highest BCUT2D eigenvalue weighted by Gasteiger charge is 2.19. The van der Waals surface area contributed by atoms with Crippen LogP contribution in [0.15, 0.2) is 18.2 Å². The molecule has 0 radical (unpaired) electrons. The van der Waals surface area contributed by atoms with Gasteiger partial charge >= 0.3 is 0 Å². The maximum Gasteiger partial charge on any atom is 0.223 e. The molecule has 1 aromatic heterocycles. The number of hydrogen-bond donors (Lipinski definition) is 2. The van der Waals surface area contributed by atoms with E-state index in [1.165, 1.54) is 0 Å². The monoisotopic (exact) mass is 329 g/mol. The second-order valence-electron chi connectivity index (χ2n) is 6.18. The highest BCUT2D eigenvalue weighted by molar-refractivity contribution is 5.78. The molecule has 128 valence electrons. The largest absolute Gasteiger partial charge is 0.486 e. The number of benzene rings is 1. The number of nitrogens with zero attached hydrogens (tertiary/aromatic N) is 1. The van der Waals surface area contributed by atoms with Gasteiger partial charge in [-0.1, -0.05) is 19.1 Å². The third-order valence-electron chi connectivity index (χ3n) is 4.34. The molecule has 1 aromatic carbocycles. The molecular weight excluding hydrogens is 306 g/mol. The first-order chi connectivity index (χ1) is 11.6. The lowest BCUT2D eigenvalue weighted by molar-refractivity contribution is -0.124. The van der Waals surface area contributed by atoms with E-state index in [2.05, 4.69) is 15.5 Å². The van der Waals surface area contributed by atoms with Gasteiger partial charge in [0.2, 0.25) is 5.91 Å².